The monoisotopic (exact) mass is 380 g/mol. The molecule has 1 saturated heterocycles. The minimum Gasteiger partial charge on any atom is -0.504 e. The van der Waals surface area contributed by atoms with E-state index in [4.69, 9.17) is 14.2 Å². The Bertz CT molecular complexity index is 759. The fourth-order valence-corrected chi connectivity index (χ4v) is 4.03. The SMILES string of the molecule is COc1cc(F)c(C[C@H](C)[C@]23C[C@H](CC(C)O)C(=O)C=C2OCO3)cc1O. The molecule has 6 nitrogen and oxygen atoms in total. The molecule has 0 amide bonds. The zero-order chi connectivity index (χ0) is 19.8. The standard InChI is InChI=1S/C20H25FO6/c1-11(4-13-6-17(24)18(25-3)7-15(13)21)20-9-14(5-12(2)22)16(23)8-19(20)26-10-27-20/h6-8,11-12,14,22,24H,4-5,9-10H2,1-3H3/t11-,12?,14-,20+/m0/s1. The first kappa shape index (κ1) is 19.6. The van der Waals surface area contributed by atoms with Gasteiger partial charge in [-0.05, 0) is 43.7 Å². The Morgan fingerprint density at radius 1 is 1.41 bits per heavy atom. The second kappa shape index (κ2) is 7.48. The number of methoxy groups -OCH3 is 1. The van der Waals surface area contributed by atoms with Gasteiger partial charge in [0.2, 0.25) is 0 Å². The second-order valence-electron chi connectivity index (χ2n) is 7.41. The number of carbonyl (C=O) groups is 1. The van der Waals surface area contributed by atoms with E-state index in [1.54, 1.807) is 6.92 Å². The van der Waals surface area contributed by atoms with Crippen LogP contribution in [-0.4, -0.2) is 41.6 Å². The van der Waals surface area contributed by atoms with Gasteiger partial charge in [-0.15, -0.1) is 0 Å². The molecular weight excluding hydrogens is 355 g/mol. The Balaban J connectivity index is 1.88. The predicted molar refractivity (Wildman–Crippen MR) is 94.7 cm³/mol. The van der Waals surface area contributed by atoms with Crippen LogP contribution in [0.25, 0.3) is 0 Å². The third-order valence-electron chi connectivity index (χ3n) is 5.47. The fourth-order valence-electron chi connectivity index (χ4n) is 4.03. The van der Waals surface area contributed by atoms with Crippen molar-refractivity contribution in [3.8, 4) is 11.5 Å². The number of hydrogen-bond acceptors (Lipinski definition) is 6. The number of ether oxygens (including phenoxy) is 3. The number of aliphatic hydroxyl groups is 1. The van der Waals surface area contributed by atoms with Crippen molar-refractivity contribution in [1.29, 1.82) is 0 Å². The zero-order valence-corrected chi connectivity index (χ0v) is 15.7. The van der Waals surface area contributed by atoms with Crippen molar-refractivity contribution in [3.05, 3.63) is 35.3 Å². The first-order chi connectivity index (χ1) is 12.8. The molecule has 3 rings (SSSR count). The van der Waals surface area contributed by atoms with Crippen LogP contribution in [0.2, 0.25) is 0 Å². The van der Waals surface area contributed by atoms with Crippen molar-refractivity contribution in [3.63, 3.8) is 0 Å². The highest BCUT2D eigenvalue weighted by atomic mass is 19.1. The maximum Gasteiger partial charge on any atom is 0.189 e. The fraction of sp³-hybridized carbons (Fsp3) is 0.550. The molecule has 1 aliphatic heterocycles. The number of halogens is 1. The molecule has 148 valence electrons. The molecule has 1 unspecified atom stereocenters. The van der Waals surface area contributed by atoms with Crippen LogP contribution in [0.4, 0.5) is 4.39 Å². The third-order valence-corrected chi connectivity index (χ3v) is 5.47. The molecule has 2 N–H and O–H groups in total. The number of ketones is 1. The summed E-state index contributed by atoms with van der Waals surface area (Å²) in [6.45, 7) is 3.57. The van der Waals surface area contributed by atoms with Gasteiger partial charge in [0.15, 0.2) is 24.1 Å². The van der Waals surface area contributed by atoms with Crippen molar-refractivity contribution in [2.24, 2.45) is 11.8 Å². The van der Waals surface area contributed by atoms with Crippen molar-refractivity contribution in [2.45, 2.75) is 44.8 Å². The molecule has 27 heavy (non-hydrogen) atoms. The van der Waals surface area contributed by atoms with Crippen LogP contribution in [0, 0.1) is 17.7 Å². The number of phenols is 1. The molecule has 0 aromatic heterocycles. The Hall–Kier alpha value is -2.12. The van der Waals surface area contributed by atoms with E-state index in [1.165, 1.54) is 19.3 Å². The molecule has 1 heterocycles. The normalized spacial score (nSPS) is 26.8. The van der Waals surface area contributed by atoms with Gasteiger partial charge in [-0.3, -0.25) is 4.79 Å². The maximum atomic E-state index is 14.4. The molecule has 4 atom stereocenters. The van der Waals surface area contributed by atoms with Gasteiger partial charge in [-0.25, -0.2) is 4.39 Å². The molecule has 1 aromatic rings. The van der Waals surface area contributed by atoms with E-state index in [1.807, 2.05) is 6.92 Å². The average molecular weight is 380 g/mol. The summed E-state index contributed by atoms with van der Waals surface area (Å²) >= 11 is 0. The number of rotatable bonds is 6. The maximum absolute atomic E-state index is 14.4. The summed E-state index contributed by atoms with van der Waals surface area (Å²) in [7, 11) is 1.36. The lowest BCUT2D eigenvalue weighted by Gasteiger charge is -2.39. The van der Waals surface area contributed by atoms with Crippen LogP contribution in [0.5, 0.6) is 11.5 Å². The van der Waals surface area contributed by atoms with Crippen LogP contribution in [0.15, 0.2) is 24.0 Å². The lowest BCUT2D eigenvalue weighted by molar-refractivity contribution is -0.124. The van der Waals surface area contributed by atoms with Gasteiger partial charge >= 0.3 is 0 Å². The van der Waals surface area contributed by atoms with E-state index in [-0.39, 0.29) is 42.3 Å². The molecule has 1 aromatic carbocycles. The molecule has 0 radical (unpaired) electrons. The summed E-state index contributed by atoms with van der Waals surface area (Å²) in [6.07, 6.45) is 1.81. The van der Waals surface area contributed by atoms with Gasteiger partial charge in [-0.2, -0.15) is 0 Å². The van der Waals surface area contributed by atoms with Gasteiger partial charge in [-0.1, -0.05) is 6.92 Å². The Labute approximate surface area is 157 Å². The van der Waals surface area contributed by atoms with Gasteiger partial charge in [0.05, 0.1) is 13.2 Å². The summed E-state index contributed by atoms with van der Waals surface area (Å²) in [5, 5.41) is 19.7. The molecule has 0 spiro atoms. The molecule has 1 aliphatic carbocycles. The van der Waals surface area contributed by atoms with Crippen molar-refractivity contribution in [1.82, 2.24) is 0 Å². The predicted octanol–water partition coefficient (Wildman–Crippen LogP) is 2.71. The van der Waals surface area contributed by atoms with E-state index in [2.05, 4.69) is 0 Å². The molecule has 7 heteroatoms. The number of phenolic OH excluding ortho intramolecular Hbond substituents is 1. The van der Waals surface area contributed by atoms with Crippen molar-refractivity contribution in [2.75, 3.05) is 13.9 Å². The highest BCUT2D eigenvalue weighted by Crippen LogP contribution is 2.47. The van der Waals surface area contributed by atoms with E-state index >= 15 is 0 Å². The third kappa shape index (κ3) is 3.66. The molecule has 1 fully saturated rings. The number of hydrogen-bond donors (Lipinski definition) is 2. The lowest BCUT2D eigenvalue weighted by atomic mass is 9.71. The van der Waals surface area contributed by atoms with Gasteiger partial charge in [0.25, 0.3) is 0 Å². The molecule has 0 saturated carbocycles. The molecular formula is C20H25FO6. The van der Waals surface area contributed by atoms with E-state index in [0.29, 0.717) is 24.2 Å². The summed E-state index contributed by atoms with van der Waals surface area (Å²) in [5.74, 6) is -0.783. The van der Waals surface area contributed by atoms with Crippen molar-refractivity contribution < 1.29 is 33.6 Å². The Morgan fingerprint density at radius 2 is 2.15 bits per heavy atom. The largest absolute Gasteiger partial charge is 0.504 e. The van der Waals surface area contributed by atoms with Crippen LogP contribution in [0.3, 0.4) is 0 Å². The molecule has 0 bridgehead atoms. The number of aromatic hydroxyl groups is 1. The highest BCUT2D eigenvalue weighted by Gasteiger charge is 2.52. The second-order valence-corrected chi connectivity index (χ2v) is 7.41. The van der Waals surface area contributed by atoms with Gasteiger partial charge in [0.1, 0.15) is 17.2 Å². The minimum absolute atomic E-state index is 0.0290. The van der Waals surface area contributed by atoms with Crippen LogP contribution in [-0.2, 0) is 20.7 Å². The lowest BCUT2D eigenvalue weighted by Crippen LogP contribution is -2.45. The number of aliphatic hydroxyl groups excluding tert-OH is 1. The number of allylic oxidation sites excluding steroid dienone is 1. The van der Waals surface area contributed by atoms with Crippen molar-refractivity contribution >= 4 is 5.78 Å². The Morgan fingerprint density at radius 3 is 2.81 bits per heavy atom. The minimum atomic E-state index is -0.852. The Kier molecular flexibility index (Phi) is 5.44. The topological polar surface area (TPSA) is 85.2 Å². The zero-order valence-electron chi connectivity index (χ0n) is 15.7. The quantitative estimate of drug-likeness (QED) is 0.789. The summed E-state index contributed by atoms with van der Waals surface area (Å²) in [5.41, 5.74) is -0.524. The van der Waals surface area contributed by atoms with E-state index in [9.17, 15) is 19.4 Å². The highest BCUT2D eigenvalue weighted by molar-refractivity contribution is 5.93. The first-order valence-corrected chi connectivity index (χ1v) is 9.03. The first-order valence-electron chi connectivity index (χ1n) is 9.03. The average Bonchev–Trinajstić information content (AvgIpc) is 3.01. The summed E-state index contributed by atoms with van der Waals surface area (Å²) in [4.78, 5) is 12.3. The smallest absolute Gasteiger partial charge is 0.189 e. The number of fused-ring (bicyclic) bond motifs is 1. The summed E-state index contributed by atoms with van der Waals surface area (Å²) in [6, 6.07) is 2.50. The summed E-state index contributed by atoms with van der Waals surface area (Å²) < 4.78 is 30.8. The van der Waals surface area contributed by atoms with E-state index in [0.717, 1.165) is 6.07 Å². The van der Waals surface area contributed by atoms with Crippen LogP contribution >= 0.6 is 0 Å². The molecule has 2 aliphatic rings. The van der Waals surface area contributed by atoms with Crippen LogP contribution in [0.1, 0.15) is 32.3 Å². The van der Waals surface area contributed by atoms with Gasteiger partial charge < -0.3 is 24.4 Å². The number of carbonyl (C=O) groups excluding carboxylic acids is 1. The van der Waals surface area contributed by atoms with E-state index < -0.39 is 17.5 Å². The van der Waals surface area contributed by atoms with Gasteiger partial charge in [0, 0.05) is 18.1 Å². The number of benzene rings is 1. The van der Waals surface area contributed by atoms with Crippen LogP contribution < -0.4 is 4.74 Å².